The zero-order valence-electron chi connectivity index (χ0n) is 21.0. The lowest BCUT2D eigenvalue weighted by atomic mass is 9.95. The molecule has 9 nitrogen and oxygen atoms in total. The molecule has 2 aliphatic heterocycles. The van der Waals surface area contributed by atoms with Gasteiger partial charge < -0.3 is 33.6 Å². The number of benzene rings is 2. The minimum absolute atomic E-state index is 0.0304. The third kappa shape index (κ3) is 5.01. The molecule has 0 spiro atoms. The van der Waals surface area contributed by atoms with Crippen LogP contribution >= 0.6 is 0 Å². The number of furan rings is 1. The third-order valence-corrected chi connectivity index (χ3v) is 7.18. The standard InChI is InChI=1S/C29H30N2O7/c32-28(30-20-7-2-1-3-8-20)27(24-11-6-14-34-24)31(16-19-12-13-22-25(15-19)37-18-36-22)29(33)26-17-35-21-9-4-5-10-23(21)38-26/h4-6,9-15,20,26-27H,1-3,7-8,16-18H2,(H,30,32). The number of carbonyl (C=O) groups is 2. The number of nitrogens with zero attached hydrogens (tertiary/aromatic N) is 1. The largest absolute Gasteiger partial charge is 0.485 e. The van der Waals surface area contributed by atoms with Gasteiger partial charge in [0, 0.05) is 12.6 Å². The first kappa shape index (κ1) is 24.2. The second-order valence-corrected chi connectivity index (χ2v) is 9.78. The minimum Gasteiger partial charge on any atom is -0.485 e. The highest BCUT2D eigenvalue weighted by molar-refractivity contribution is 5.90. The summed E-state index contributed by atoms with van der Waals surface area (Å²) in [5.41, 5.74) is 0.779. The molecule has 198 valence electrons. The average molecular weight is 519 g/mol. The summed E-state index contributed by atoms with van der Waals surface area (Å²) in [5, 5.41) is 3.18. The predicted octanol–water partition coefficient (Wildman–Crippen LogP) is 4.37. The fourth-order valence-corrected chi connectivity index (χ4v) is 5.26. The highest BCUT2D eigenvalue weighted by atomic mass is 16.7. The van der Waals surface area contributed by atoms with Gasteiger partial charge in [0.2, 0.25) is 12.9 Å². The molecule has 0 radical (unpaired) electrons. The van der Waals surface area contributed by atoms with Crippen molar-refractivity contribution < 1.29 is 33.0 Å². The molecule has 1 aromatic heterocycles. The van der Waals surface area contributed by atoms with Gasteiger partial charge in [-0.15, -0.1) is 0 Å². The summed E-state index contributed by atoms with van der Waals surface area (Å²) in [7, 11) is 0. The van der Waals surface area contributed by atoms with Crippen molar-refractivity contribution in [2.75, 3.05) is 13.4 Å². The van der Waals surface area contributed by atoms with Crippen LogP contribution in [0.3, 0.4) is 0 Å². The molecule has 1 saturated carbocycles. The summed E-state index contributed by atoms with van der Waals surface area (Å²) in [6.45, 7) is 0.302. The number of para-hydroxylation sites is 2. The molecular weight excluding hydrogens is 488 g/mol. The van der Waals surface area contributed by atoms with E-state index in [4.69, 9.17) is 23.4 Å². The van der Waals surface area contributed by atoms with Gasteiger partial charge in [-0.1, -0.05) is 37.5 Å². The van der Waals surface area contributed by atoms with Crippen LogP contribution in [-0.4, -0.2) is 42.3 Å². The number of amides is 2. The Morgan fingerprint density at radius 1 is 0.895 bits per heavy atom. The third-order valence-electron chi connectivity index (χ3n) is 7.18. The maximum atomic E-state index is 14.1. The van der Waals surface area contributed by atoms with Crippen LogP contribution < -0.4 is 24.3 Å². The molecule has 3 aliphatic rings. The molecule has 2 unspecified atom stereocenters. The Kier molecular flexibility index (Phi) is 6.81. The molecule has 0 bridgehead atoms. The van der Waals surface area contributed by atoms with Gasteiger partial charge in [-0.2, -0.15) is 0 Å². The maximum Gasteiger partial charge on any atom is 0.268 e. The predicted molar refractivity (Wildman–Crippen MR) is 136 cm³/mol. The lowest BCUT2D eigenvalue weighted by Crippen LogP contribution is -2.52. The molecule has 2 amide bonds. The van der Waals surface area contributed by atoms with Crippen LogP contribution in [0.2, 0.25) is 0 Å². The Morgan fingerprint density at radius 3 is 2.50 bits per heavy atom. The Bertz CT molecular complexity index is 1290. The van der Waals surface area contributed by atoms with Crippen LogP contribution in [0.5, 0.6) is 23.0 Å². The number of nitrogens with one attached hydrogen (secondary N) is 1. The van der Waals surface area contributed by atoms with E-state index in [9.17, 15) is 9.59 Å². The first-order valence-corrected chi connectivity index (χ1v) is 13.1. The van der Waals surface area contributed by atoms with Crippen molar-refractivity contribution >= 4 is 11.8 Å². The molecule has 0 saturated heterocycles. The fourth-order valence-electron chi connectivity index (χ4n) is 5.26. The molecule has 9 heteroatoms. The summed E-state index contributed by atoms with van der Waals surface area (Å²) >= 11 is 0. The van der Waals surface area contributed by atoms with E-state index in [0.29, 0.717) is 28.8 Å². The fraction of sp³-hybridized carbons (Fsp3) is 0.379. The van der Waals surface area contributed by atoms with Gasteiger partial charge in [-0.05, 0) is 54.8 Å². The molecular formula is C29H30N2O7. The second-order valence-electron chi connectivity index (χ2n) is 9.78. The van der Waals surface area contributed by atoms with E-state index in [2.05, 4.69) is 5.32 Å². The summed E-state index contributed by atoms with van der Waals surface area (Å²) in [4.78, 5) is 29.5. The van der Waals surface area contributed by atoms with E-state index < -0.39 is 12.1 Å². The molecule has 3 heterocycles. The van der Waals surface area contributed by atoms with E-state index in [-0.39, 0.29) is 37.8 Å². The van der Waals surface area contributed by atoms with Gasteiger partial charge in [0.15, 0.2) is 29.0 Å². The van der Waals surface area contributed by atoms with Gasteiger partial charge in [0.25, 0.3) is 11.8 Å². The Hall–Kier alpha value is -4.14. The van der Waals surface area contributed by atoms with Crippen molar-refractivity contribution in [2.45, 2.75) is 56.8 Å². The van der Waals surface area contributed by atoms with E-state index in [1.165, 1.54) is 17.6 Å². The van der Waals surface area contributed by atoms with E-state index >= 15 is 0 Å². The van der Waals surface area contributed by atoms with Crippen molar-refractivity contribution in [3.05, 3.63) is 72.2 Å². The van der Waals surface area contributed by atoms with Gasteiger partial charge in [-0.25, -0.2) is 0 Å². The summed E-state index contributed by atoms with van der Waals surface area (Å²) in [6.07, 6.45) is 5.73. The minimum atomic E-state index is -0.995. The van der Waals surface area contributed by atoms with Crippen molar-refractivity contribution in [2.24, 2.45) is 0 Å². The molecule has 1 fully saturated rings. The van der Waals surface area contributed by atoms with E-state index in [1.54, 1.807) is 30.3 Å². The molecule has 38 heavy (non-hydrogen) atoms. The van der Waals surface area contributed by atoms with Crippen LogP contribution in [0.15, 0.2) is 65.3 Å². The number of hydrogen-bond acceptors (Lipinski definition) is 7. The number of hydrogen-bond donors (Lipinski definition) is 1. The van der Waals surface area contributed by atoms with Gasteiger partial charge in [0.05, 0.1) is 6.26 Å². The average Bonchev–Trinajstić information content (AvgIpc) is 3.65. The van der Waals surface area contributed by atoms with Crippen LogP contribution in [0.25, 0.3) is 0 Å². The smallest absolute Gasteiger partial charge is 0.268 e. The molecule has 1 aliphatic carbocycles. The summed E-state index contributed by atoms with van der Waals surface area (Å²) < 4.78 is 28.6. The number of rotatable bonds is 7. The topological polar surface area (TPSA) is 99.5 Å². The molecule has 1 N–H and O–H groups in total. The van der Waals surface area contributed by atoms with Crippen LogP contribution in [-0.2, 0) is 16.1 Å². The number of fused-ring (bicyclic) bond motifs is 2. The van der Waals surface area contributed by atoms with E-state index in [0.717, 1.165) is 31.2 Å². The molecule has 2 aromatic carbocycles. The first-order valence-electron chi connectivity index (χ1n) is 13.1. The van der Waals surface area contributed by atoms with Crippen molar-refractivity contribution in [3.63, 3.8) is 0 Å². The van der Waals surface area contributed by atoms with Crippen molar-refractivity contribution in [1.29, 1.82) is 0 Å². The highest BCUT2D eigenvalue weighted by Gasteiger charge is 2.40. The van der Waals surface area contributed by atoms with Gasteiger partial charge in [-0.3, -0.25) is 9.59 Å². The quantitative estimate of drug-likeness (QED) is 0.496. The van der Waals surface area contributed by atoms with E-state index in [1.807, 2.05) is 24.3 Å². The van der Waals surface area contributed by atoms with Crippen molar-refractivity contribution in [3.8, 4) is 23.0 Å². The maximum absolute atomic E-state index is 14.1. The zero-order chi connectivity index (χ0) is 25.9. The Labute approximate surface area is 220 Å². The number of ether oxygens (including phenoxy) is 4. The monoisotopic (exact) mass is 518 g/mol. The summed E-state index contributed by atoms with van der Waals surface area (Å²) in [5.74, 6) is 2.03. The summed E-state index contributed by atoms with van der Waals surface area (Å²) in [6, 6.07) is 15.2. The van der Waals surface area contributed by atoms with Crippen LogP contribution in [0, 0.1) is 0 Å². The normalized spacial score (nSPS) is 19.0. The van der Waals surface area contributed by atoms with Gasteiger partial charge in [0.1, 0.15) is 12.4 Å². The second kappa shape index (κ2) is 10.7. The van der Waals surface area contributed by atoms with Crippen LogP contribution in [0.1, 0.15) is 49.5 Å². The molecule has 3 aromatic rings. The zero-order valence-corrected chi connectivity index (χ0v) is 21.0. The molecule has 2 atom stereocenters. The van der Waals surface area contributed by atoms with Crippen LogP contribution in [0.4, 0.5) is 0 Å². The highest BCUT2D eigenvalue weighted by Crippen LogP contribution is 2.36. The Balaban J connectivity index is 1.33. The van der Waals surface area contributed by atoms with Crippen molar-refractivity contribution in [1.82, 2.24) is 10.2 Å². The lowest BCUT2D eigenvalue weighted by molar-refractivity contribution is -0.150. The van der Waals surface area contributed by atoms with Gasteiger partial charge >= 0.3 is 0 Å². The SMILES string of the molecule is O=C(NC1CCCCC1)C(c1ccco1)N(Cc1ccc2c(c1)OCO2)C(=O)C1COc2ccccc2O1. The molecule has 6 rings (SSSR count). The first-order chi connectivity index (χ1) is 18.7. The number of carbonyl (C=O) groups excluding carboxylic acids is 2. The lowest BCUT2D eigenvalue weighted by Gasteiger charge is -2.35. The Morgan fingerprint density at radius 2 is 1.68 bits per heavy atom.